The standard InChI is InChI=1S/C18H21ClN2O4S/c1-13(18(22)20-12-14-6-4-5-7-17(14)19)21(26(3,23)24)15-8-10-16(25-2)11-9-15/h4-11,13H,12H2,1-3H3,(H,20,22)/t13-/m0/s1. The fourth-order valence-corrected chi connectivity index (χ4v) is 3.89. The van der Waals surface area contributed by atoms with Crippen LogP contribution < -0.4 is 14.4 Å². The van der Waals surface area contributed by atoms with Crippen LogP contribution in [0.4, 0.5) is 5.69 Å². The van der Waals surface area contributed by atoms with Crippen molar-refractivity contribution in [2.75, 3.05) is 17.7 Å². The fourth-order valence-electron chi connectivity index (χ4n) is 2.51. The normalized spacial score (nSPS) is 12.3. The number of sulfonamides is 1. The molecule has 1 atom stereocenters. The summed E-state index contributed by atoms with van der Waals surface area (Å²) in [7, 11) is -2.15. The Labute approximate surface area is 158 Å². The first-order chi connectivity index (χ1) is 12.2. The zero-order valence-corrected chi connectivity index (χ0v) is 16.3. The number of anilines is 1. The number of ether oxygens (including phenoxy) is 1. The third-order valence-corrected chi connectivity index (χ3v) is 5.44. The van der Waals surface area contributed by atoms with E-state index in [-0.39, 0.29) is 6.54 Å². The van der Waals surface area contributed by atoms with E-state index in [1.807, 2.05) is 6.07 Å². The maximum Gasteiger partial charge on any atom is 0.243 e. The summed E-state index contributed by atoms with van der Waals surface area (Å²) in [6.07, 6.45) is 1.06. The minimum absolute atomic E-state index is 0.211. The lowest BCUT2D eigenvalue weighted by molar-refractivity contribution is -0.122. The number of benzene rings is 2. The van der Waals surface area contributed by atoms with E-state index in [0.29, 0.717) is 16.5 Å². The molecule has 140 valence electrons. The number of amides is 1. The third-order valence-electron chi connectivity index (χ3n) is 3.83. The maximum atomic E-state index is 12.5. The van der Waals surface area contributed by atoms with Crippen molar-refractivity contribution >= 4 is 33.2 Å². The molecule has 6 nitrogen and oxygen atoms in total. The molecule has 2 aromatic carbocycles. The van der Waals surface area contributed by atoms with Crippen LogP contribution >= 0.6 is 11.6 Å². The Morgan fingerprint density at radius 1 is 1.19 bits per heavy atom. The van der Waals surface area contributed by atoms with Crippen molar-refractivity contribution in [1.29, 1.82) is 0 Å². The molecule has 2 aromatic rings. The lowest BCUT2D eigenvalue weighted by atomic mass is 10.2. The number of carbonyl (C=O) groups is 1. The summed E-state index contributed by atoms with van der Waals surface area (Å²) in [6.45, 7) is 1.75. The van der Waals surface area contributed by atoms with E-state index in [1.54, 1.807) is 42.5 Å². The number of hydrogen-bond donors (Lipinski definition) is 1. The van der Waals surface area contributed by atoms with Gasteiger partial charge in [0.1, 0.15) is 11.8 Å². The summed E-state index contributed by atoms with van der Waals surface area (Å²) < 4.78 is 30.7. The minimum Gasteiger partial charge on any atom is -0.497 e. The molecule has 0 heterocycles. The molecule has 0 radical (unpaired) electrons. The van der Waals surface area contributed by atoms with Gasteiger partial charge in [-0.25, -0.2) is 8.42 Å². The third kappa shape index (κ3) is 4.89. The largest absolute Gasteiger partial charge is 0.497 e. The Hall–Kier alpha value is -2.25. The average molecular weight is 397 g/mol. The van der Waals surface area contributed by atoms with Crippen molar-refractivity contribution in [3.05, 3.63) is 59.1 Å². The smallest absolute Gasteiger partial charge is 0.243 e. The van der Waals surface area contributed by atoms with Gasteiger partial charge in [0.25, 0.3) is 0 Å². The Bertz CT molecular complexity index is 869. The summed E-state index contributed by atoms with van der Waals surface area (Å²) in [5.41, 5.74) is 1.14. The number of rotatable bonds is 7. The van der Waals surface area contributed by atoms with Crippen LogP contribution in [0, 0.1) is 0 Å². The Balaban J connectivity index is 2.19. The number of carbonyl (C=O) groups excluding carboxylic acids is 1. The van der Waals surface area contributed by atoms with Crippen molar-refractivity contribution in [2.45, 2.75) is 19.5 Å². The molecule has 0 unspecified atom stereocenters. The minimum atomic E-state index is -3.67. The zero-order valence-electron chi connectivity index (χ0n) is 14.8. The first-order valence-electron chi connectivity index (χ1n) is 7.88. The summed E-state index contributed by atoms with van der Waals surface area (Å²) >= 11 is 6.08. The van der Waals surface area contributed by atoms with Gasteiger partial charge in [0, 0.05) is 11.6 Å². The van der Waals surface area contributed by atoms with Gasteiger partial charge in [0.15, 0.2) is 0 Å². The van der Waals surface area contributed by atoms with Gasteiger partial charge in [0.05, 0.1) is 19.1 Å². The zero-order chi connectivity index (χ0) is 19.3. The second kappa shape index (κ2) is 8.42. The van der Waals surface area contributed by atoms with Crippen LogP contribution in [0.15, 0.2) is 48.5 Å². The highest BCUT2D eigenvalue weighted by atomic mass is 35.5. The predicted octanol–water partition coefficient (Wildman–Crippen LogP) is 2.82. The quantitative estimate of drug-likeness (QED) is 0.780. The van der Waals surface area contributed by atoms with Crippen LogP contribution in [0.25, 0.3) is 0 Å². The summed E-state index contributed by atoms with van der Waals surface area (Å²) in [5, 5.41) is 3.27. The monoisotopic (exact) mass is 396 g/mol. The molecule has 2 rings (SSSR count). The molecule has 0 aliphatic heterocycles. The molecular formula is C18H21ClN2O4S. The molecule has 8 heteroatoms. The van der Waals surface area contributed by atoms with Crippen LogP contribution in [0.5, 0.6) is 5.75 Å². The van der Waals surface area contributed by atoms with E-state index in [4.69, 9.17) is 16.3 Å². The van der Waals surface area contributed by atoms with E-state index < -0.39 is 22.0 Å². The molecule has 0 aromatic heterocycles. The van der Waals surface area contributed by atoms with Gasteiger partial charge < -0.3 is 10.1 Å². The van der Waals surface area contributed by atoms with Crippen LogP contribution in [-0.2, 0) is 21.4 Å². The van der Waals surface area contributed by atoms with E-state index in [0.717, 1.165) is 16.1 Å². The Kier molecular flexibility index (Phi) is 6.50. The molecule has 1 N–H and O–H groups in total. The molecular weight excluding hydrogens is 376 g/mol. The number of nitrogens with zero attached hydrogens (tertiary/aromatic N) is 1. The van der Waals surface area contributed by atoms with Crippen LogP contribution in [0.1, 0.15) is 12.5 Å². The number of methoxy groups -OCH3 is 1. The van der Waals surface area contributed by atoms with Gasteiger partial charge in [-0.05, 0) is 42.8 Å². The van der Waals surface area contributed by atoms with Crippen molar-refractivity contribution in [2.24, 2.45) is 0 Å². The van der Waals surface area contributed by atoms with E-state index in [2.05, 4.69) is 5.32 Å². The second-order valence-electron chi connectivity index (χ2n) is 5.74. The summed E-state index contributed by atoms with van der Waals surface area (Å²) in [5.74, 6) is 0.171. The highest BCUT2D eigenvalue weighted by Crippen LogP contribution is 2.24. The van der Waals surface area contributed by atoms with Gasteiger partial charge in [-0.15, -0.1) is 0 Å². The van der Waals surface area contributed by atoms with Crippen LogP contribution in [0.3, 0.4) is 0 Å². The van der Waals surface area contributed by atoms with Gasteiger partial charge in [-0.2, -0.15) is 0 Å². The number of nitrogens with one attached hydrogen (secondary N) is 1. The highest BCUT2D eigenvalue weighted by Gasteiger charge is 2.29. The molecule has 0 fully saturated rings. The summed E-state index contributed by atoms with van der Waals surface area (Å²) in [6, 6.07) is 12.7. The lowest BCUT2D eigenvalue weighted by Gasteiger charge is -2.28. The molecule has 0 aliphatic carbocycles. The van der Waals surface area contributed by atoms with Crippen LogP contribution in [0.2, 0.25) is 5.02 Å². The Morgan fingerprint density at radius 2 is 1.81 bits per heavy atom. The second-order valence-corrected chi connectivity index (χ2v) is 8.01. The Morgan fingerprint density at radius 3 is 2.35 bits per heavy atom. The van der Waals surface area contributed by atoms with E-state index >= 15 is 0 Å². The predicted molar refractivity (Wildman–Crippen MR) is 103 cm³/mol. The number of hydrogen-bond acceptors (Lipinski definition) is 4. The molecule has 1 amide bonds. The maximum absolute atomic E-state index is 12.5. The van der Waals surface area contributed by atoms with Gasteiger partial charge in [-0.1, -0.05) is 29.8 Å². The topological polar surface area (TPSA) is 75.7 Å². The van der Waals surface area contributed by atoms with Crippen molar-refractivity contribution < 1.29 is 17.9 Å². The number of halogens is 1. The van der Waals surface area contributed by atoms with Crippen molar-refractivity contribution in [3.63, 3.8) is 0 Å². The first-order valence-corrected chi connectivity index (χ1v) is 10.1. The SMILES string of the molecule is COc1ccc(N([C@@H](C)C(=O)NCc2ccccc2Cl)S(C)(=O)=O)cc1. The van der Waals surface area contributed by atoms with Gasteiger partial charge in [0.2, 0.25) is 15.9 Å². The molecule has 26 heavy (non-hydrogen) atoms. The molecule has 0 bridgehead atoms. The van der Waals surface area contributed by atoms with Crippen molar-refractivity contribution in [1.82, 2.24) is 5.32 Å². The molecule has 0 saturated heterocycles. The molecule has 0 saturated carbocycles. The van der Waals surface area contributed by atoms with Gasteiger partial charge >= 0.3 is 0 Å². The van der Waals surface area contributed by atoms with Crippen molar-refractivity contribution in [3.8, 4) is 5.75 Å². The first kappa shape index (κ1) is 20.1. The lowest BCUT2D eigenvalue weighted by Crippen LogP contribution is -2.47. The average Bonchev–Trinajstić information content (AvgIpc) is 2.60. The highest BCUT2D eigenvalue weighted by molar-refractivity contribution is 7.92. The fraction of sp³-hybridized carbons (Fsp3) is 0.278. The molecule has 0 aliphatic rings. The van der Waals surface area contributed by atoms with E-state index in [1.165, 1.54) is 14.0 Å². The van der Waals surface area contributed by atoms with Crippen LogP contribution in [-0.4, -0.2) is 33.7 Å². The van der Waals surface area contributed by atoms with E-state index in [9.17, 15) is 13.2 Å². The van der Waals surface area contributed by atoms with Gasteiger partial charge in [-0.3, -0.25) is 9.10 Å². The molecule has 0 spiro atoms. The summed E-state index contributed by atoms with van der Waals surface area (Å²) in [4.78, 5) is 12.5.